The van der Waals surface area contributed by atoms with Gasteiger partial charge in [0.25, 0.3) is 7.82 Å². The van der Waals surface area contributed by atoms with E-state index in [2.05, 4.69) is 19.1 Å². The number of hydrogen-bond donors (Lipinski definition) is 0. The topological polar surface area (TPSA) is 111 Å². The number of quaternary nitrogens is 1. The van der Waals surface area contributed by atoms with E-state index in [4.69, 9.17) is 18.5 Å². The van der Waals surface area contributed by atoms with Crippen molar-refractivity contribution in [1.29, 1.82) is 0 Å². The molecule has 0 aromatic carbocycles. The zero-order valence-corrected chi connectivity index (χ0v) is 29.1. The van der Waals surface area contributed by atoms with Crippen LogP contribution in [0.4, 0.5) is 0 Å². The molecular weight excluding hydrogens is 569 g/mol. The van der Waals surface area contributed by atoms with Gasteiger partial charge in [0, 0.05) is 12.8 Å². The smallest absolute Gasteiger partial charge is 0.306 e. The van der Waals surface area contributed by atoms with Crippen LogP contribution >= 0.6 is 7.82 Å². The molecule has 0 spiro atoms. The van der Waals surface area contributed by atoms with Crippen LogP contribution in [-0.2, 0) is 32.7 Å². The summed E-state index contributed by atoms with van der Waals surface area (Å²) >= 11 is 0. The quantitative estimate of drug-likeness (QED) is 0.0261. The van der Waals surface area contributed by atoms with Crippen molar-refractivity contribution in [2.24, 2.45) is 0 Å². The fourth-order valence-corrected chi connectivity index (χ4v) is 5.06. The number of unbranched alkanes of at least 4 members (excludes halogenated alkanes) is 15. The number of phosphoric acid groups is 1. The molecule has 0 aromatic heterocycles. The fourth-order valence-electron chi connectivity index (χ4n) is 4.33. The van der Waals surface area contributed by atoms with Crippen LogP contribution in [0.25, 0.3) is 0 Å². The second-order valence-corrected chi connectivity index (χ2v) is 13.9. The first kappa shape index (κ1) is 41.8. The number of allylic oxidation sites excluding steroid dienone is 2. The van der Waals surface area contributed by atoms with Crippen LogP contribution in [0.1, 0.15) is 136 Å². The fraction of sp³-hybridized carbons (Fsp3) is 0.879. The first-order chi connectivity index (χ1) is 20.5. The summed E-state index contributed by atoms with van der Waals surface area (Å²) in [6.45, 7) is 3.60. The lowest BCUT2D eigenvalue weighted by Crippen LogP contribution is -2.37. The van der Waals surface area contributed by atoms with Gasteiger partial charge in [-0.15, -0.1) is 0 Å². The lowest BCUT2D eigenvalue weighted by Gasteiger charge is -2.28. The molecule has 0 amide bonds. The van der Waals surface area contributed by atoms with Gasteiger partial charge in [0.05, 0.1) is 27.7 Å². The van der Waals surface area contributed by atoms with E-state index in [-0.39, 0.29) is 26.1 Å². The summed E-state index contributed by atoms with van der Waals surface area (Å²) in [6.07, 6.45) is 24.8. The van der Waals surface area contributed by atoms with Crippen molar-refractivity contribution in [3.05, 3.63) is 12.2 Å². The van der Waals surface area contributed by atoms with Crippen molar-refractivity contribution in [2.75, 3.05) is 47.5 Å². The minimum atomic E-state index is -4.58. The molecule has 0 radical (unpaired) electrons. The van der Waals surface area contributed by atoms with Gasteiger partial charge in [-0.1, -0.05) is 103 Å². The Hall–Kier alpha value is -1.25. The SMILES string of the molecule is CCCCCCCC/C=C\CCCCCCCCCCCC(=O)OC(COC(=O)CC)COP(=O)([O-])OCC[N+](C)(C)C. The average Bonchev–Trinajstić information content (AvgIpc) is 2.94. The van der Waals surface area contributed by atoms with E-state index >= 15 is 0 Å². The largest absolute Gasteiger partial charge is 0.756 e. The number of phosphoric ester groups is 1. The summed E-state index contributed by atoms with van der Waals surface area (Å²) in [5.74, 6) is -0.935. The van der Waals surface area contributed by atoms with Crippen LogP contribution in [0.15, 0.2) is 12.2 Å². The molecule has 43 heavy (non-hydrogen) atoms. The Morgan fingerprint density at radius 3 is 1.74 bits per heavy atom. The highest BCUT2D eigenvalue weighted by Gasteiger charge is 2.21. The molecule has 0 aliphatic heterocycles. The number of hydrogen-bond acceptors (Lipinski definition) is 8. The van der Waals surface area contributed by atoms with Crippen molar-refractivity contribution < 1.29 is 42.1 Å². The molecule has 0 bridgehead atoms. The zero-order chi connectivity index (χ0) is 32.2. The lowest BCUT2D eigenvalue weighted by molar-refractivity contribution is -0.870. The van der Waals surface area contributed by atoms with Gasteiger partial charge in [-0.25, -0.2) is 0 Å². The van der Waals surface area contributed by atoms with Crippen LogP contribution < -0.4 is 4.89 Å². The number of esters is 2. The van der Waals surface area contributed by atoms with Gasteiger partial charge in [-0.2, -0.15) is 0 Å². The summed E-state index contributed by atoms with van der Waals surface area (Å²) in [5.41, 5.74) is 0. The summed E-state index contributed by atoms with van der Waals surface area (Å²) in [5, 5.41) is 0. The van der Waals surface area contributed by atoms with Gasteiger partial charge in [0.15, 0.2) is 6.10 Å². The predicted octanol–water partition coefficient (Wildman–Crippen LogP) is 7.66. The van der Waals surface area contributed by atoms with Crippen molar-refractivity contribution >= 4 is 19.8 Å². The molecule has 9 nitrogen and oxygen atoms in total. The molecule has 10 heteroatoms. The second kappa shape index (κ2) is 27.1. The monoisotopic (exact) mass is 633 g/mol. The molecule has 0 saturated carbocycles. The molecule has 2 atom stereocenters. The molecule has 254 valence electrons. The summed E-state index contributed by atoms with van der Waals surface area (Å²) in [7, 11) is 1.16. The van der Waals surface area contributed by atoms with E-state index in [1.54, 1.807) is 6.92 Å². The Morgan fingerprint density at radius 1 is 0.721 bits per heavy atom. The number of likely N-dealkylation sites (N-methyl/N-ethyl adjacent to an activating group) is 1. The maximum Gasteiger partial charge on any atom is 0.306 e. The first-order valence-corrected chi connectivity index (χ1v) is 18.4. The number of carbonyl (C=O) groups excluding carboxylic acids is 2. The Morgan fingerprint density at radius 2 is 1.23 bits per heavy atom. The minimum absolute atomic E-state index is 0.0312. The molecule has 0 aliphatic rings. The third-order valence-corrected chi connectivity index (χ3v) is 8.05. The maximum absolute atomic E-state index is 12.4. The average molecular weight is 634 g/mol. The van der Waals surface area contributed by atoms with Crippen molar-refractivity contribution in [3.63, 3.8) is 0 Å². The minimum Gasteiger partial charge on any atom is -0.756 e. The Labute approximate surface area is 263 Å². The van der Waals surface area contributed by atoms with E-state index in [1.165, 1.54) is 83.5 Å². The van der Waals surface area contributed by atoms with Crippen molar-refractivity contribution in [3.8, 4) is 0 Å². The second-order valence-electron chi connectivity index (χ2n) is 12.5. The highest BCUT2D eigenvalue weighted by Crippen LogP contribution is 2.38. The van der Waals surface area contributed by atoms with E-state index in [0.717, 1.165) is 19.3 Å². The lowest BCUT2D eigenvalue weighted by atomic mass is 10.1. The van der Waals surface area contributed by atoms with Gasteiger partial charge >= 0.3 is 11.9 Å². The van der Waals surface area contributed by atoms with E-state index < -0.39 is 32.5 Å². The molecule has 2 unspecified atom stereocenters. The third-order valence-electron chi connectivity index (χ3n) is 7.09. The van der Waals surface area contributed by atoms with Gasteiger partial charge in [0.2, 0.25) is 0 Å². The highest BCUT2D eigenvalue weighted by atomic mass is 31.2. The first-order valence-electron chi connectivity index (χ1n) is 16.9. The summed E-state index contributed by atoms with van der Waals surface area (Å²) in [6, 6.07) is 0. The predicted molar refractivity (Wildman–Crippen MR) is 171 cm³/mol. The Balaban J connectivity index is 3.97. The molecule has 0 aromatic rings. The van der Waals surface area contributed by atoms with Gasteiger partial charge < -0.3 is 27.9 Å². The highest BCUT2D eigenvalue weighted by molar-refractivity contribution is 7.45. The Bertz CT molecular complexity index is 768. The summed E-state index contributed by atoms with van der Waals surface area (Å²) < 4.78 is 32.9. The number of rotatable bonds is 30. The van der Waals surface area contributed by atoms with Crippen LogP contribution in [0.5, 0.6) is 0 Å². The van der Waals surface area contributed by atoms with E-state index in [9.17, 15) is 19.0 Å². The molecule has 0 aliphatic carbocycles. The standard InChI is InChI=1S/C33H64NO8P/c1-6-8-9-10-11-12-13-14-15-16-17-18-19-20-21-22-23-24-25-26-33(36)42-31(29-39-32(35)7-2)30-41-43(37,38)40-28-27-34(3,4)5/h14-15,31H,6-13,16-30H2,1-5H3/b15-14-. The maximum atomic E-state index is 12.4. The number of carbonyl (C=O) groups is 2. The van der Waals surface area contributed by atoms with Gasteiger partial charge in [0.1, 0.15) is 19.8 Å². The van der Waals surface area contributed by atoms with Crippen molar-refractivity contribution in [1.82, 2.24) is 0 Å². The van der Waals surface area contributed by atoms with E-state index in [0.29, 0.717) is 17.4 Å². The molecule has 0 saturated heterocycles. The summed E-state index contributed by atoms with van der Waals surface area (Å²) in [4.78, 5) is 36.0. The molecule has 0 N–H and O–H groups in total. The van der Waals surface area contributed by atoms with Gasteiger partial charge in [-0.05, 0) is 32.1 Å². The molecular formula is C33H64NO8P. The molecule has 0 fully saturated rings. The van der Waals surface area contributed by atoms with Crippen LogP contribution in [0.2, 0.25) is 0 Å². The number of nitrogens with zero attached hydrogens (tertiary/aromatic N) is 1. The number of ether oxygens (including phenoxy) is 2. The third kappa shape index (κ3) is 30.6. The zero-order valence-electron chi connectivity index (χ0n) is 28.2. The Kier molecular flexibility index (Phi) is 26.3. The van der Waals surface area contributed by atoms with Crippen LogP contribution in [0, 0.1) is 0 Å². The molecule has 0 heterocycles. The van der Waals surface area contributed by atoms with E-state index in [1.807, 2.05) is 21.1 Å². The normalized spacial score (nSPS) is 14.1. The van der Waals surface area contributed by atoms with Crippen LogP contribution in [-0.4, -0.2) is 70.0 Å². The van der Waals surface area contributed by atoms with Crippen LogP contribution in [0.3, 0.4) is 0 Å². The molecule has 0 rings (SSSR count). The van der Waals surface area contributed by atoms with Crippen molar-refractivity contribution in [2.45, 2.75) is 142 Å². The van der Waals surface area contributed by atoms with Gasteiger partial charge in [-0.3, -0.25) is 14.2 Å².